The van der Waals surface area contributed by atoms with Crippen LogP contribution in [-0.2, 0) is 4.79 Å². The van der Waals surface area contributed by atoms with Crippen LogP contribution in [-0.4, -0.2) is 41.9 Å². The van der Waals surface area contributed by atoms with E-state index in [2.05, 4.69) is 48.2 Å². The van der Waals surface area contributed by atoms with Gasteiger partial charge in [-0.2, -0.15) is 0 Å². The Morgan fingerprint density at radius 2 is 1.58 bits per heavy atom. The van der Waals surface area contributed by atoms with E-state index in [1.807, 2.05) is 23.1 Å². The van der Waals surface area contributed by atoms with Gasteiger partial charge in [0.2, 0.25) is 5.91 Å². The van der Waals surface area contributed by atoms with Gasteiger partial charge in [-0.25, -0.2) is 0 Å². The molecule has 1 aliphatic rings. The molecular weight excluding hydrogens is 344 g/mol. The van der Waals surface area contributed by atoms with Crippen molar-refractivity contribution in [3.05, 3.63) is 70.7 Å². The average molecular weight is 371 g/mol. The van der Waals surface area contributed by atoms with E-state index in [-0.39, 0.29) is 6.04 Å². The topological polar surface area (TPSA) is 23.6 Å². The molecule has 0 bridgehead atoms. The smallest absolute Gasteiger partial charge is 0.222 e. The number of hydrogen-bond acceptors (Lipinski definition) is 2. The van der Waals surface area contributed by atoms with E-state index in [4.69, 9.17) is 11.6 Å². The van der Waals surface area contributed by atoms with Crippen molar-refractivity contribution < 1.29 is 4.79 Å². The number of carbonyl (C=O) groups excluding carboxylic acids is 1. The summed E-state index contributed by atoms with van der Waals surface area (Å²) in [6.45, 7) is 5.51. The fraction of sp³-hybridized carbons (Fsp3) is 0.409. The van der Waals surface area contributed by atoms with E-state index in [1.54, 1.807) is 0 Å². The fourth-order valence-electron chi connectivity index (χ4n) is 3.61. The molecule has 4 heteroatoms. The highest BCUT2D eigenvalue weighted by atomic mass is 35.5. The first-order chi connectivity index (χ1) is 12.7. The van der Waals surface area contributed by atoms with Gasteiger partial charge in [0, 0.05) is 37.6 Å². The summed E-state index contributed by atoms with van der Waals surface area (Å²) in [7, 11) is 0. The van der Waals surface area contributed by atoms with Gasteiger partial charge in [-0.05, 0) is 29.7 Å². The maximum Gasteiger partial charge on any atom is 0.222 e. The van der Waals surface area contributed by atoms with Gasteiger partial charge >= 0.3 is 0 Å². The Kier molecular flexibility index (Phi) is 6.70. The lowest BCUT2D eigenvalue weighted by Crippen LogP contribution is -2.49. The molecular formula is C22H27ClN2O. The first-order valence-electron chi connectivity index (χ1n) is 9.51. The minimum absolute atomic E-state index is 0.196. The van der Waals surface area contributed by atoms with E-state index < -0.39 is 0 Å². The van der Waals surface area contributed by atoms with Gasteiger partial charge in [0.1, 0.15) is 0 Å². The summed E-state index contributed by atoms with van der Waals surface area (Å²) in [6.07, 6.45) is 2.73. The Labute approximate surface area is 161 Å². The number of carbonyl (C=O) groups is 1. The summed E-state index contributed by atoms with van der Waals surface area (Å²) < 4.78 is 0. The molecule has 0 aromatic heterocycles. The summed E-state index contributed by atoms with van der Waals surface area (Å²) >= 11 is 6.09. The Hall–Kier alpha value is -1.84. The number of nitrogens with zero attached hydrogens (tertiary/aromatic N) is 2. The van der Waals surface area contributed by atoms with Crippen molar-refractivity contribution in [2.75, 3.05) is 26.2 Å². The molecule has 3 nitrogen and oxygen atoms in total. The molecule has 1 heterocycles. The van der Waals surface area contributed by atoms with Gasteiger partial charge in [0.25, 0.3) is 0 Å². The monoisotopic (exact) mass is 370 g/mol. The second kappa shape index (κ2) is 9.20. The normalized spacial score (nSPS) is 16.5. The lowest BCUT2D eigenvalue weighted by atomic mass is 9.96. The van der Waals surface area contributed by atoms with Gasteiger partial charge in [-0.1, -0.05) is 67.4 Å². The number of halogens is 1. The quantitative estimate of drug-likeness (QED) is 0.731. The predicted molar refractivity (Wildman–Crippen MR) is 107 cm³/mol. The van der Waals surface area contributed by atoms with Crippen molar-refractivity contribution in [1.82, 2.24) is 9.80 Å². The molecule has 3 rings (SSSR count). The van der Waals surface area contributed by atoms with Crippen LogP contribution in [0.15, 0.2) is 54.6 Å². The summed E-state index contributed by atoms with van der Waals surface area (Å²) in [6, 6.07) is 18.9. The molecule has 2 aromatic rings. The number of piperazine rings is 1. The first kappa shape index (κ1) is 18.9. The SMILES string of the molecule is CCCCC(=O)N1CCN([C@@H](c2ccccc2)c2ccc(Cl)cc2)CC1. The lowest BCUT2D eigenvalue weighted by molar-refractivity contribution is -0.133. The summed E-state index contributed by atoms with van der Waals surface area (Å²) in [5, 5.41) is 0.756. The van der Waals surface area contributed by atoms with Crippen LogP contribution in [0.4, 0.5) is 0 Å². The van der Waals surface area contributed by atoms with Crippen LogP contribution in [0.3, 0.4) is 0 Å². The maximum atomic E-state index is 12.3. The highest BCUT2D eigenvalue weighted by molar-refractivity contribution is 6.30. The van der Waals surface area contributed by atoms with Crippen LogP contribution in [0.25, 0.3) is 0 Å². The highest BCUT2D eigenvalue weighted by Gasteiger charge is 2.27. The Balaban J connectivity index is 1.75. The van der Waals surface area contributed by atoms with Crippen molar-refractivity contribution >= 4 is 17.5 Å². The van der Waals surface area contributed by atoms with Crippen molar-refractivity contribution in [3.8, 4) is 0 Å². The summed E-state index contributed by atoms with van der Waals surface area (Å²) in [4.78, 5) is 16.8. The average Bonchev–Trinajstić information content (AvgIpc) is 2.69. The molecule has 1 amide bonds. The zero-order chi connectivity index (χ0) is 18.4. The van der Waals surface area contributed by atoms with E-state index in [9.17, 15) is 4.79 Å². The van der Waals surface area contributed by atoms with Gasteiger partial charge < -0.3 is 4.90 Å². The predicted octanol–water partition coefficient (Wildman–Crippen LogP) is 4.76. The zero-order valence-electron chi connectivity index (χ0n) is 15.4. The molecule has 0 radical (unpaired) electrons. The van der Waals surface area contributed by atoms with E-state index in [1.165, 1.54) is 11.1 Å². The van der Waals surface area contributed by atoms with Crippen LogP contribution in [0.1, 0.15) is 43.4 Å². The maximum absolute atomic E-state index is 12.3. The Morgan fingerprint density at radius 1 is 0.962 bits per heavy atom. The fourth-order valence-corrected chi connectivity index (χ4v) is 3.74. The van der Waals surface area contributed by atoms with E-state index in [0.717, 1.165) is 44.0 Å². The number of hydrogen-bond donors (Lipinski definition) is 0. The molecule has 138 valence electrons. The van der Waals surface area contributed by atoms with Crippen molar-refractivity contribution in [1.29, 1.82) is 0 Å². The molecule has 0 saturated carbocycles. The molecule has 2 aromatic carbocycles. The lowest BCUT2D eigenvalue weighted by Gasteiger charge is -2.40. The largest absolute Gasteiger partial charge is 0.340 e. The van der Waals surface area contributed by atoms with Crippen LogP contribution < -0.4 is 0 Å². The van der Waals surface area contributed by atoms with Crippen LogP contribution in [0.5, 0.6) is 0 Å². The first-order valence-corrected chi connectivity index (χ1v) is 9.89. The summed E-state index contributed by atoms with van der Waals surface area (Å²) in [5.41, 5.74) is 2.52. The molecule has 26 heavy (non-hydrogen) atoms. The third-order valence-electron chi connectivity index (χ3n) is 5.08. The van der Waals surface area contributed by atoms with Crippen LogP contribution >= 0.6 is 11.6 Å². The summed E-state index contributed by atoms with van der Waals surface area (Å²) in [5.74, 6) is 0.300. The van der Waals surface area contributed by atoms with Gasteiger partial charge in [-0.3, -0.25) is 9.69 Å². The van der Waals surface area contributed by atoms with E-state index in [0.29, 0.717) is 12.3 Å². The number of unbranched alkanes of at least 4 members (excludes halogenated alkanes) is 1. The van der Waals surface area contributed by atoms with Crippen molar-refractivity contribution in [2.45, 2.75) is 32.2 Å². The van der Waals surface area contributed by atoms with Crippen molar-refractivity contribution in [3.63, 3.8) is 0 Å². The molecule has 1 aliphatic heterocycles. The molecule has 1 saturated heterocycles. The molecule has 0 unspecified atom stereocenters. The molecule has 0 aliphatic carbocycles. The minimum Gasteiger partial charge on any atom is -0.340 e. The van der Waals surface area contributed by atoms with E-state index >= 15 is 0 Å². The molecule has 0 spiro atoms. The van der Waals surface area contributed by atoms with Gasteiger partial charge in [0.15, 0.2) is 0 Å². The third-order valence-corrected chi connectivity index (χ3v) is 5.33. The van der Waals surface area contributed by atoms with Crippen LogP contribution in [0, 0.1) is 0 Å². The van der Waals surface area contributed by atoms with Crippen LogP contribution in [0.2, 0.25) is 5.02 Å². The second-order valence-electron chi connectivity index (χ2n) is 6.89. The number of amides is 1. The standard InChI is InChI=1S/C22H27ClN2O/c1-2-3-9-21(26)24-14-16-25(17-15-24)22(18-7-5-4-6-8-18)19-10-12-20(23)13-11-19/h4-8,10-13,22H,2-3,9,14-17H2,1H3/t22-/m0/s1. The van der Waals surface area contributed by atoms with Gasteiger partial charge in [-0.15, -0.1) is 0 Å². The molecule has 1 fully saturated rings. The minimum atomic E-state index is 0.196. The molecule has 0 N–H and O–H groups in total. The Bertz CT molecular complexity index is 694. The van der Waals surface area contributed by atoms with Gasteiger partial charge in [0.05, 0.1) is 6.04 Å². The number of benzene rings is 2. The molecule has 1 atom stereocenters. The third kappa shape index (κ3) is 4.66. The Morgan fingerprint density at radius 3 is 2.19 bits per heavy atom. The highest BCUT2D eigenvalue weighted by Crippen LogP contribution is 2.30. The zero-order valence-corrected chi connectivity index (χ0v) is 16.2. The number of rotatable bonds is 6. The van der Waals surface area contributed by atoms with Crippen molar-refractivity contribution in [2.24, 2.45) is 0 Å². The second-order valence-corrected chi connectivity index (χ2v) is 7.32.